The molecule has 2 amide bonds. The number of anilines is 1. The van der Waals surface area contributed by atoms with Gasteiger partial charge in [0.05, 0.1) is 22.8 Å². The number of rotatable bonds is 3. The first-order valence-electron chi connectivity index (χ1n) is 7.31. The van der Waals surface area contributed by atoms with Crippen LogP contribution in [0.25, 0.3) is 0 Å². The van der Waals surface area contributed by atoms with Crippen molar-refractivity contribution in [2.45, 2.75) is 13.1 Å². The van der Waals surface area contributed by atoms with Gasteiger partial charge in [-0.3, -0.25) is 14.5 Å². The molecular weight excluding hydrogens is 347 g/mol. The molecule has 0 atom stereocenters. The first-order chi connectivity index (χ1) is 11.2. The Morgan fingerprint density at radius 3 is 2.38 bits per heavy atom. The van der Waals surface area contributed by atoms with Crippen molar-refractivity contribution >= 4 is 29.1 Å². The average molecular weight is 364 g/mol. The minimum atomic E-state index is -4.51. The Labute approximate surface area is 142 Å². The van der Waals surface area contributed by atoms with Gasteiger partial charge in [-0.1, -0.05) is 11.6 Å². The summed E-state index contributed by atoms with van der Waals surface area (Å²) in [5.41, 5.74) is -0.948. The Hall–Kier alpha value is -1.80. The Morgan fingerprint density at radius 1 is 1.21 bits per heavy atom. The van der Waals surface area contributed by atoms with Crippen LogP contribution in [0.4, 0.5) is 18.9 Å². The van der Waals surface area contributed by atoms with Gasteiger partial charge in [0, 0.05) is 33.1 Å². The van der Waals surface area contributed by atoms with E-state index in [-0.39, 0.29) is 23.2 Å². The van der Waals surface area contributed by atoms with Crippen LogP contribution in [0, 0.1) is 0 Å². The summed E-state index contributed by atoms with van der Waals surface area (Å²) in [7, 11) is 0. The van der Waals surface area contributed by atoms with Crippen LogP contribution in [-0.2, 0) is 15.8 Å². The van der Waals surface area contributed by atoms with Gasteiger partial charge in [0.2, 0.25) is 11.8 Å². The van der Waals surface area contributed by atoms with Crippen LogP contribution in [0.15, 0.2) is 18.2 Å². The van der Waals surface area contributed by atoms with Gasteiger partial charge in [-0.2, -0.15) is 13.2 Å². The molecule has 0 radical (unpaired) electrons. The molecule has 24 heavy (non-hydrogen) atoms. The first-order valence-corrected chi connectivity index (χ1v) is 7.69. The van der Waals surface area contributed by atoms with E-state index in [1.807, 2.05) is 4.90 Å². The topological polar surface area (TPSA) is 52.7 Å². The molecule has 132 valence electrons. The van der Waals surface area contributed by atoms with Crippen LogP contribution in [-0.4, -0.2) is 54.3 Å². The monoisotopic (exact) mass is 363 g/mol. The van der Waals surface area contributed by atoms with Gasteiger partial charge in [-0.25, -0.2) is 0 Å². The number of amides is 2. The molecular formula is C15H17ClF3N3O2. The fourth-order valence-corrected chi connectivity index (χ4v) is 2.58. The van der Waals surface area contributed by atoms with E-state index in [1.54, 1.807) is 4.90 Å². The summed E-state index contributed by atoms with van der Waals surface area (Å²) in [6.45, 7) is 3.61. The summed E-state index contributed by atoms with van der Waals surface area (Å²) >= 11 is 5.85. The summed E-state index contributed by atoms with van der Waals surface area (Å²) in [5, 5.41) is 2.45. The largest absolute Gasteiger partial charge is 0.416 e. The number of hydrogen-bond donors (Lipinski definition) is 1. The van der Waals surface area contributed by atoms with Gasteiger partial charge in [0.25, 0.3) is 0 Å². The minimum Gasteiger partial charge on any atom is -0.340 e. The lowest BCUT2D eigenvalue weighted by atomic mass is 10.2. The number of benzene rings is 1. The van der Waals surface area contributed by atoms with Crippen molar-refractivity contribution in [2.75, 3.05) is 38.0 Å². The lowest BCUT2D eigenvalue weighted by molar-refractivity contribution is -0.137. The van der Waals surface area contributed by atoms with E-state index in [0.717, 1.165) is 18.2 Å². The van der Waals surface area contributed by atoms with Gasteiger partial charge < -0.3 is 10.2 Å². The molecule has 2 rings (SSSR count). The van der Waals surface area contributed by atoms with Crippen molar-refractivity contribution in [2.24, 2.45) is 0 Å². The molecule has 1 heterocycles. The van der Waals surface area contributed by atoms with Crippen molar-refractivity contribution < 1.29 is 22.8 Å². The van der Waals surface area contributed by atoms with Gasteiger partial charge in [-0.05, 0) is 18.2 Å². The summed E-state index contributed by atoms with van der Waals surface area (Å²) in [4.78, 5) is 26.8. The molecule has 1 N–H and O–H groups in total. The number of carbonyl (C=O) groups is 2. The SMILES string of the molecule is CC(=O)N1CCN(CC(=O)Nc2cc(C(F)(F)F)ccc2Cl)CC1. The van der Waals surface area contributed by atoms with Crippen LogP contribution < -0.4 is 5.32 Å². The van der Waals surface area contributed by atoms with Crippen LogP contribution in [0.5, 0.6) is 0 Å². The number of carbonyl (C=O) groups excluding carboxylic acids is 2. The van der Waals surface area contributed by atoms with Crippen molar-refractivity contribution in [3.63, 3.8) is 0 Å². The third-order valence-corrected chi connectivity index (χ3v) is 4.08. The summed E-state index contributed by atoms with van der Waals surface area (Å²) < 4.78 is 38.1. The summed E-state index contributed by atoms with van der Waals surface area (Å²) in [5.74, 6) is -0.470. The molecule has 0 unspecified atom stereocenters. The van der Waals surface area contributed by atoms with E-state index in [1.165, 1.54) is 6.92 Å². The fraction of sp³-hybridized carbons (Fsp3) is 0.467. The number of halogens is 4. The Kier molecular flexibility index (Phi) is 5.71. The molecule has 0 aromatic heterocycles. The second kappa shape index (κ2) is 7.40. The van der Waals surface area contributed by atoms with Crippen LogP contribution in [0.3, 0.4) is 0 Å². The molecule has 0 spiro atoms. The molecule has 0 saturated carbocycles. The van der Waals surface area contributed by atoms with E-state index < -0.39 is 17.6 Å². The standard InChI is InChI=1S/C15H17ClF3N3O2/c1-10(23)22-6-4-21(5-7-22)9-14(24)20-13-8-11(15(17,18)19)2-3-12(13)16/h2-3,8H,4-7,9H2,1H3,(H,20,24). The van der Waals surface area contributed by atoms with Crippen LogP contribution >= 0.6 is 11.6 Å². The van der Waals surface area contributed by atoms with Gasteiger partial charge >= 0.3 is 6.18 Å². The van der Waals surface area contributed by atoms with Gasteiger partial charge in [-0.15, -0.1) is 0 Å². The van der Waals surface area contributed by atoms with Crippen LogP contribution in [0.2, 0.25) is 5.02 Å². The third-order valence-electron chi connectivity index (χ3n) is 3.75. The van der Waals surface area contributed by atoms with E-state index >= 15 is 0 Å². The second-order valence-electron chi connectivity index (χ2n) is 5.52. The molecule has 5 nitrogen and oxygen atoms in total. The zero-order chi connectivity index (χ0) is 17.9. The van der Waals surface area contributed by atoms with Gasteiger partial charge in [0.15, 0.2) is 0 Å². The van der Waals surface area contributed by atoms with Crippen molar-refractivity contribution in [1.29, 1.82) is 0 Å². The van der Waals surface area contributed by atoms with Gasteiger partial charge in [0.1, 0.15) is 0 Å². The Balaban J connectivity index is 1.94. The molecule has 1 fully saturated rings. The lowest BCUT2D eigenvalue weighted by Gasteiger charge is -2.33. The molecule has 1 aliphatic rings. The number of piperazine rings is 1. The highest BCUT2D eigenvalue weighted by Crippen LogP contribution is 2.33. The average Bonchev–Trinajstić information content (AvgIpc) is 2.48. The zero-order valence-corrected chi connectivity index (χ0v) is 13.7. The van der Waals surface area contributed by atoms with Crippen molar-refractivity contribution in [3.05, 3.63) is 28.8 Å². The highest BCUT2D eigenvalue weighted by molar-refractivity contribution is 6.33. The maximum atomic E-state index is 12.7. The van der Waals surface area contributed by atoms with Crippen molar-refractivity contribution in [1.82, 2.24) is 9.80 Å². The molecule has 1 aliphatic heterocycles. The fourth-order valence-electron chi connectivity index (χ4n) is 2.41. The summed E-state index contributed by atoms with van der Waals surface area (Å²) in [6.07, 6.45) is -4.51. The Bertz CT molecular complexity index is 629. The molecule has 1 aromatic carbocycles. The Morgan fingerprint density at radius 2 is 1.83 bits per heavy atom. The quantitative estimate of drug-likeness (QED) is 0.897. The maximum absolute atomic E-state index is 12.7. The maximum Gasteiger partial charge on any atom is 0.416 e. The number of nitrogens with one attached hydrogen (secondary N) is 1. The normalized spacial score (nSPS) is 16.1. The van der Waals surface area contributed by atoms with E-state index in [2.05, 4.69) is 5.32 Å². The highest BCUT2D eigenvalue weighted by Gasteiger charge is 2.31. The second-order valence-corrected chi connectivity index (χ2v) is 5.93. The molecule has 0 bridgehead atoms. The molecule has 9 heteroatoms. The minimum absolute atomic E-state index is 0.0187. The van der Waals surface area contributed by atoms with Crippen LogP contribution in [0.1, 0.15) is 12.5 Å². The van der Waals surface area contributed by atoms with E-state index in [0.29, 0.717) is 26.2 Å². The van der Waals surface area contributed by atoms with E-state index in [4.69, 9.17) is 11.6 Å². The number of nitrogens with zero attached hydrogens (tertiary/aromatic N) is 2. The predicted molar refractivity (Wildman–Crippen MR) is 83.8 cm³/mol. The lowest BCUT2D eigenvalue weighted by Crippen LogP contribution is -2.49. The third kappa shape index (κ3) is 4.85. The highest BCUT2D eigenvalue weighted by atomic mass is 35.5. The number of hydrogen-bond acceptors (Lipinski definition) is 3. The number of alkyl halides is 3. The zero-order valence-electron chi connectivity index (χ0n) is 13.0. The molecule has 1 aromatic rings. The van der Waals surface area contributed by atoms with E-state index in [9.17, 15) is 22.8 Å². The van der Waals surface area contributed by atoms with Crippen molar-refractivity contribution in [3.8, 4) is 0 Å². The smallest absolute Gasteiger partial charge is 0.340 e. The first kappa shape index (κ1) is 18.5. The molecule has 0 aliphatic carbocycles. The predicted octanol–water partition coefficient (Wildman–Crippen LogP) is 2.46. The molecule has 1 saturated heterocycles. The summed E-state index contributed by atoms with van der Waals surface area (Å²) in [6, 6.07) is 2.78.